The molecule has 0 atom stereocenters. The van der Waals surface area contributed by atoms with Gasteiger partial charge in [-0.15, -0.1) is 35.4 Å². The zero-order valence-corrected chi connectivity index (χ0v) is 23.1. The van der Waals surface area contributed by atoms with Crippen LogP contribution in [0.3, 0.4) is 0 Å². The number of para-hydroxylation sites is 2. The Labute approximate surface area is 243 Å². The third-order valence-electron chi connectivity index (χ3n) is 6.99. The minimum Gasteiger partial charge on any atom is -0.501 e. The molecule has 0 radical (unpaired) electrons. The summed E-state index contributed by atoms with van der Waals surface area (Å²) in [6.07, 6.45) is 7.16. The fraction of sp³-hybridized carbons (Fsp3) is 0.0303. The average molecular weight is 698 g/mol. The largest absolute Gasteiger partial charge is 2.00 e. The van der Waals surface area contributed by atoms with E-state index in [1.807, 2.05) is 48.5 Å². The maximum Gasteiger partial charge on any atom is 2.00 e. The van der Waals surface area contributed by atoms with Gasteiger partial charge in [-0.2, -0.15) is 0 Å². The molecule has 0 aliphatic heterocycles. The normalized spacial score (nSPS) is 11.4. The molecule has 0 saturated carbocycles. The second-order valence-corrected chi connectivity index (χ2v) is 9.39. The van der Waals surface area contributed by atoms with Crippen molar-refractivity contribution in [2.75, 3.05) is 0 Å². The minimum atomic E-state index is 0. The smallest absolute Gasteiger partial charge is 0.501 e. The van der Waals surface area contributed by atoms with Crippen LogP contribution in [0.15, 0.2) is 107 Å². The molecule has 7 heteroatoms. The van der Waals surface area contributed by atoms with Crippen LogP contribution < -0.4 is 0 Å². The quantitative estimate of drug-likeness (QED) is 0.177. The van der Waals surface area contributed by atoms with Crippen LogP contribution in [0.1, 0.15) is 11.1 Å². The molecule has 0 unspecified atom stereocenters. The Balaban J connectivity index is 0.00000264. The summed E-state index contributed by atoms with van der Waals surface area (Å²) in [7, 11) is 0. The van der Waals surface area contributed by atoms with Crippen LogP contribution >= 0.6 is 0 Å². The Bertz CT molecular complexity index is 2000. The summed E-state index contributed by atoms with van der Waals surface area (Å²) < 4.78 is 12.6. The number of nitrogens with zero attached hydrogens (tertiary/aromatic N) is 4. The fourth-order valence-electron chi connectivity index (χ4n) is 5.28. The monoisotopic (exact) mass is 697 g/mol. The van der Waals surface area contributed by atoms with E-state index in [9.17, 15) is 0 Å². The van der Waals surface area contributed by atoms with Gasteiger partial charge in [0.1, 0.15) is 23.8 Å². The molecule has 0 N–H and O–H groups in total. The van der Waals surface area contributed by atoms with Crippen molar-refractivity contribution in [2.24, 2.45) is 0 Å². The molecule has 8 rings (SSSR count). The van der Waals surface area contributed by atoms with E-state index in [2.05, 4.69) is 56.3 Å². The molecule has 0 spiro atoms. The predicted octanol–water partition coefficient (Wildman–Crippen LogP) is 7.59. The number of rotatable bonds is 4. The van der Waals surface area contributed by atoms with E-state index in [1.54, 1.807) is 25.0 Å². The maximum atomic E-state index is 6.29. The molecule has 192 valence electrons. The summed E-state index contributed by atoms with van der Waals surface area (Å²) in [5.74, 6) is 0. The third-order valence-corrected chi connectivity index (χ3v) is 6.99. The fourth-order valence-corrected chi connectivity index (χ4v) is 5.28. The Morgan fingerprint density at radius 2 is 1.05 bits per heavy atom. The number of benzene rings is 4. The van der Waals surface area contributed by atoms with E-state index in [0.29, 0.717) is 6.42 Å². The first-order valence-electron chi connectivity index (χ1n) is 12.6. The molecule has 40 heavy (non-hydrogen) atoms. The van der Waals surface area contributed by atoms with E-state index < -0.39 is 0 Å². The molecule has 4 aromatic heterocycles. The van der Waals surface area contributed by atoms with Crippen LogP contribution in [-0.4, -0.2) is 19.9 Å². The van der Waals surface area contributed by atoms with Crippen LogP contribution in [0, 0.1) is 12.1 Å². The van der Waals surface area contributed by atoms with Gasteiger partial charge in [-0.05, 0) is 29.9 Å². The van der Waals surface area contributed by atoms with E-state index in [-0.39, 0.29) is 21.1 Å². The second kappa shape index (κ2) is 9.82. The molecule has 8 aromatic rings. The van der Waals surface area contributed by atoms with E-state index >= 15 is 0 Å². The van der Waals surface area contributed by atoms with Gasteiger partial charge in [-0.1, -0.05) is 70.4 Å². The van der Waals surface area contributed by atoms with Crippen molar-refractivity contribution < 1.29 is 29.9 Å². The van der Waals surface area contributed by atoms with Crippen LogP contribution in [0.5, 0.6) is 0 Å². The summed E-state index contributed by atoms with van der Waals surface area (Å²) in [4.78, 5) is 17.2. The Morgan fingerprint density at radius 1 is 0.575 bits per heavy atom. The first kappa shape index (κ1) is 24.4. The molecule has 0 saturated heterocycles. The summed E-state index contributed by atoms with van der Waals surface area (Å²) >= 11 is 0. The molecule has 4 heterocycles. The van der Waals surface area contributed by atoms with E-state index in [4.69, 9.17) is 8.83 Å². The molecule has 0 aliphatic carbocycles. The van der Waals surface area contributed by atoms with Crippen molar-refractivity contribution in [3.8, 4) is 22.5 Å². The van der Waals surface area contributed by atoms with Crippen molar-refractivity contribution in [1.82, 2.24) is 19.9 Å². The van der Waals surface area contributed by atoms with E-state index in [0.717, 1.165) is 77.5 Å². The number of aromatic nitrogens is 4. The van der Waals surface area contributed by atoms with Crippen molar-refractivity contribution in [3.63, 3.8) is 0 Å². The van der Waals surface area contributed by atoms with Gasteiger partial charge < -0.3 is 8.83 Å². The first-order valence-corrected chi connectivity index (χ1v) is 12.6. The standard InChI is InChI=1S/C33H18N4O2.Pt/c1-3-7-30-22(5-1)24-14-20(16-26(32(24)38-30)28-9-11-34-18-36-28)13-21-15-25-23-6-2-4-8-31(23)39-33(25)27(17-21)29-10-12-35-19-37-29;/h1-12,14-15,18-19H,13H2;/q-2;+2. The second-order valence-electron chi connectivity index (χ2n) is 9.39. The van der Waals surface area contributed by atoms with Crippen molar-refractivity contribution in [2.45, 2.75) is 6.42 Å². The van der Waals surface area contributed by atoms with Gasteiger partial charge in [0.05, 0.1) is 11.2 Å². The number of fused-ring (bicyclic) bond motifs is 6. The van der Waals surface area contributed by atoms with Crippen LogP contribution in [0.25, 0.3) is 66.4 Å². The van der Waals surface area contributed by atoms with Crippen molar-refractivity contribution >= 4 is 43.9 Å². The summed E-state index contributed by atoms with van der Waals surface area (Å²) in [6.45, 7) is 0. The van der Waals surface area contributed by atoms with Gasteiger partial charge in [0.25, 0.3) is 0 Å². The van der Waals surface area contributed by atoms with Gasteiger partial charge in [-0.25, -0.2) is 9.97 Å². The molecule has 0 bridgehead atoms. The first-order chi connectivity index (χ1) is 19.3. The Hall–Kier alpha value is -4.67. The number of hydrogen-bond acceptors (Lipinski definition) is 6. The number of furan rings is 2. The average Bonchev–Trinajstić information content (AvgIpc) is 3.56. The molecule has 0 aliphatic rings. The summed E-state index contributed by atoms with van der Waals surface area (Å²) in [5.41, 5.74) is 8.34. The van der Waals surface area contributed by atoms with Crippen molar-refractivity contribution in [3.05, 3.63) is 121 Å². The van der Waals surface area contributed by atoms with E-state index in [1.165, 1.54) is 0 Å². The maximum absolute atomic E-state index is 6.29. The Kier molecular flexibility index (Phi) is 5.98. The molecule has 0 amide bonds. The molecular weight excluding hydrogens is 679 g/mol. The van der Waals surface area contributed by atoms with Gasteiger partial charge in [0, 0.05) is 23.2 Å². The molecular formula is C33H18N4O2Pt. The Morgan fingerprint density at radius 3 is 1.50 bits per heavy atom. The molecule has 0 fully saturated rings. The number of hydrogen-bond donors (Lipinski definition) is 0. The van der Waals surface area contributed by atoms with Gasteiger partial charge >= 0.3 is 21.1 Å². The van der Waals surface area contributed by atoms with Crippen LogP contribution in [0.4, 0.5) is 0 Å². The minimum absolute atomic E-state index is 0. The zero-order chi connectivity index (χ0) is 25.8. The van der Waals surface area contributed by atoms with Crippen molar-refractivity contribution in [1.29, 1.82) is 0 Å². The van der Waals surface area contributed by atoms with Gasteiger partial charge in [0.2, 0.25) is 0 Å². The summed E-state index contributed by atoms with van der Waals surface area (Å²) in [6, 6.07) is 31.4. The van der Waals surface area contributed by atoms with Gasteiger partial charge in [0.15, 0.2) is 0 Å². The SMILES string of the molecule is [Pt+2].[c-]1c(Cc2[c-]c(-c3ccncn3)c3oc4ccccc4c3c2)cc2c(oc3ccccc32)c1-c1ccncn1. The summed E-state index contributed by atoms with van der Waals surface area (Å²) in [5, 5.41) is 4.16. The topological polar surface area (TPSA) is 77.8 Å². The van der Waals surface area contributed by atoms with Gasteiger partial charge in [-0.3, -0.25) is 9.97 Å². The van der Waals surface area contributed by atoms with Crippen LogP contribution in [0.2, 0.25) is 0 Å². The molecule has 6 nitrogen and oxygen atoms in total. The molecule has 4 aromatic carbocycles. The zero-order valence-electron chi connectivity index (χ0n) is 20.9. The third kappa shape index (κ3) is 4.00. The predicted molar refractivity (Wildman–Crippen MR) is 150 cm³/mol. The van der Waals surface area contributed by atoms with Crippen LogP contribution in [-0.2, 0) is 27.5 Å².